The highest BCUT2D eigenvalue weighted by Crippen LogP contribution is 2.11. The molecule has 0 saturated carbocycles. The van der Waals surface area contributed by atoms with E-state index < -0.39 is 17.9 Å². The quantitative estimate of drug-likeness (QED) is 0.399. The molecule has 0 aliphatic heterocycles. The fourth-order valence-electron chi connectivity index (χ4n) is 0.830. The molecule has 0 aliphatic carbocycles. The number of carbonyl (C=O) groups excluding carboxylic acids is 1. The van der Waals surface area contributed by atoms with E-state index in [0.717, 1.165) is 5.75 Å². The number of carboxylic acids is 1. The molecule has 0 aliphatic rings. The molecule has 0 aromatic rings. The van der Waals surface area contributed by atoms with Crippen LogP contribution in [0.1, 0.15) is 13.3 Å². The van der Waals surface area contributed by atoms with Crippen LogP contribution in [0, 0.1) is 5.92 Å². The molecular formula is C8H14O4S. The van der Waals surface area contributed by atoms with Crippen molar-refractivity contribution in [1.82, 2.24) is 0 Å². The number of carboxylic acid groups (broad SMARTS) is 1. The zero-order valence-electron chi connectivity index (χ0n) is 7.78. The highest BCUT2D eigenvalue weighted by atomic mass is 32.2. The topological polar surface area (TPSA) is 63.6 Å². The molecule has 0 heterocycles. The molecule has 0 amide bonds. The number of ether oxygens (including phenoxy) is 1. The van der Waals surface area contributed by atoms with E-state index in [2.05, 4.69) is 4.74 Å². The third kappa shape index (κ3) is 4.77. The first kappa shape index (κ1) is 12.3. The van der Waals surface area contributed by atoms with Crippen LogP contribution in [0.2, 0.25) is 0 Å². The van der Waals surface area contributed by atoms with Crippen LogP contribution >= 0.6 is 11.8 Å². The minimum atomic E-state index is -1.11. The Balaban J connectivity index is 3.95. The maximum atomic E-state index is 10.9. The van der Waals surface area contributed by atoms with Gasteiger partial charge in [-0.3, -0.25) is 9.59 Å². The lowest BCUT2D eigenvalue weighted by Gasteiger charge is -2.08. The van der Waals surface area contributed by atoms with Crippen LogP contribution in [-0.2, 0) is 14.3 Å². The van der Waals surface area contributed by atoms with Gasteiger partial charge in [0.1, 0.15) is 0 Å². The van der Waals surface area contributed by atoms with Crippen molar-refractivity contribution in [3.05, 3.63) is 0 Å². The second-order valence-corrected chi connectivity index (χ2v) is 3.79. The van der Waals surface area contributed by atoms with Gasteiger partial charge in [0.25, 0.3) is 0 Å². The molecule has 0 fully saturated rings. The van der Waals surface area contributed by atoms with E-state index in [0.29, 0.717) is 12.2 Å². The van der Waals surface area contributed by atoms with Crippen LogP contribution in [0.25, 0.3) is 0 Å². The summed E-state index contributed by atoms with van der Waals surface area (Å²) in [6, 6.07) is 0. The maximum absolute atomic E-state index is 10.9. The van der Waals surface area contributed by atoms with Gasteiger partial charge in [0.15, 0.2) is 5.92 Å². The lowest BCUT2D eigenvalue weighted by atomic mass is 10.1. The van der Waals surface area contributed by atoms with E-state index in [1.54, 1.807) is 11.8 Å². The standard InChI is InChI=1S/C8H14O4S/c1-3-13-5-4-6(7(9)10)8(11)12-2/h6H,3-5H2,1-2H3,(H,9,10). The van der Waals surface area contributed by atoms with Gasteiger partial charge in [0.05, 0.1) is 7.11 Å². The fourth-order valence-corrected chi connectivity index (χ4v) is 1.52. The van der Waals surface area contributed by atoms with Crippen molar-refractivity contribution in [2.75, 3.05) is 18.6 Å². The summed E-state index contributed by atoms with van der Waals surface area (Å²) in [6.07, 6.45) is 0.334. The first-order chi connectivity index (χ1) is 6.13. The van der Waals surface area contributed by atoms with Crippen LogP contribution in [-0.4, -0.2) is 35.7 Å². The van der Waals surface area contributed by atoms with Crippen molar-refractivity contribution in [3.8, 4) is 0 Å². The number of methoxy groups -OCH3 is 1. The Hall–Kier alpha value is -0.710. The first-order valence-electron chi connectivity index (χ1n) is 4.01. The average molecular weight is 206 g/mol. The minimum absolute atomic E-state index is 0.334. The van der Waals surface area contributed by atoms with E-state index in [4.69, 9.17) is 5.11 Å². The van der Waals surface area contributed by atoms with Gasteiger partial charge in [-0.05, 0) is 17.9 Å². The van der Waals surface area contributed by atoms with E-state index in [9.17, 15) is 9.59 Å². The Bertz CT molecular complexity index is 181. The zero-order chi connectivity index (χ0) is 10.3. The number of carbonyl (C=O) groups is 2. The van der Waals surface area contributed by atoms with Crippen LogP contribution in [0.4, 0.5) is 0 Å². The Labute approximate surface area is 81.6 Å². The van der Waals surface area contributed by atoms with Gasteiger partial charge in [-0.15, -0.1) is 0 Å². The summed E-state index contributed by atoms with van der Waals surface area (Å²) in [7, 11) is 1.20. The normalized spacial score (nSPS) is 12.2. The lowest BCUT2D eigenvalue weighted by Crippen LogP contribution is -2.25. The summed E-state index contributed by atoms with van der Waals surface area (Å²) in [5, 5.41) is 8.66. The molecule has 4 nitrogen and oxygen atoms in total. The smallest absolute Gasteiger partial charge is 0.320 e. The molecule has 0 spiro atoms. The van der Waals surface area contributed by atoms with Crippen molar-refractivity contribution in [3.63, 3.8) is 0 Å². The molecule has 13 heavy (non-hydrogen) atoms. The summed E-state index contributed by atoms with van der Waals surface area (Å²) in [5.41, 5.74) is 0. The van der Waals surface area contributed by atoms with Crippen LogP contribution in [0.3, 0.4) is 0 Å². The van der Waals surface area contributed by atoms with Crippen molar-refractivity contribution in [2.45, 2.75) is 13.3 Å². The number of thioether (sulfide) groups is 1. The molecule has 0 aromatic carbocycles. The van der Waals surface area contributed by atoms with Gasteiger partial charge < -0.3 is 9.84 Å². The van der Waals surface area contributed by atoms with Gasteiger partial charge >= 0.3 is 11.9 Å². The van der Waals surface area contributed by atoms with E-state index in [1.165, 1.54) is 7.11 Å². The highest BCUT2D eigenvalue weighted by Gasteiger charge is 2.26. The summed E-state index contributed by atoms with van der Waals surface area (Å²) in [5.74, 6) is -1.19. The molecule has 5 heteroatoms. The predicted octanol–water partition coefficient (Wildman–Crippen LogP) is 1.00. The summed E-state index contributed by atoms with van der Waals surface area (Å²) >= 11 is 1.61. The fraction of sp³-hybridized carbons (Fsp3) is 0.750. The average Bonchev–Trinajstić information content (AvgIpc) is 2.11. The number of hydrogen-bond donors (Lipinski definition) is 1. The largest absolute Gasteiger partial charge is 0.481 e. The second kappa shape index (κ2) is 6.77. The third-order valence-corrected chi connectivity index (χ3v) is 2.47. The molecule has 0 bridgehead atoms. The Morgan fingerprint density at radius 2 is 2.15 bits per heavy atom. The van der Waals surface area contributed by atoms with Gasteiger partial charge in [-0.2, -0.15) is 11.8 Å². The molecule has 1 N–H and O–H groups in total. The Morgan fingerprint density at radius 3 is 2.54 bits per heavy atom. The molecule has 0 saturated heterocycles. The second-order valence-electron chi connectivity index (χ2n) is 2.40. The molecule has 0 rings (SSSR count). The zero-order valence-corrected chi connectivity index (χ0v) is 8.60. The van der Waals surface area contributed by atoms with Crippen molar-refractivity contribution in [2.24, 2.45) is 5.92 Å². The van der Waals surface area contributed by atoms with E-state index in [1.807, 2.05) is 6.92 Å². The molecule has 0 aromatic heterocycles. The Kier molecular flexibility index (Phi) is 6.40. The lowest BCUT2D eigenvalue weighted by molar-refractivity contribution is -0.156. The number of aliphatic carboxylic acids is 1. The van der Waals surface area contributed by atoms with Crippen molar-refractivity contribution < 1.29 is 19.4 Å². The van der Waals surface area contributed by atoms with Crippen LogP contribution < -0.4 is 0 Å². The van der Waals surface area contributed by atoms with Gasteiger partial charge in [-0.25, -0.2) is 0 Å². The molecule has 0 radical (unpaired) electrons. The van der Waals surface area contributed by atoms with Gasteiger partial charge in [0.2, 0.25) is 0 Å². The molecular weight excluding hydrogens is 192 g/mol. The monoisotopic (exact) mass is 206 g/mol. The highest BCUT2D eigenvalue weighted by molar-refractivity contribution is 7.99. The predicted molar refractivity (Wildman–Crippen MR) is 50.8 cm³/mol. The minimum Gasteiger partial charge on any atom is -0.481 e. The van der Waals surface area contributed by atoms with Crippen molar-refractivity contribution >= 4 is 23.7 Å². The first-order valence-corrected chi connectivity index (χ1v) is 5.17. The summed E-state index contributed by atoms with van der Waals surface area (Å²) in [4.78, 5) is 21.5. The van der Waals surface area contributed by atoms with Crippen LogP contribution in [0.5, 0.6) is 0 Å². The number of rotatable bonds is 6. The molecule has 1 unspecified atom stereocenters. The van der Waals surface area contributed by atoms with E-state index >= 15 is 0 Å². The number of esters is 1. The van der Waals surface area contributed by atoms with Gasteiger partial charge in [0, 0.05) is 0 Å². The van der Waals surface area contributed by atoms with Crippen LogP contribution in [0.15, 0.2) is 0 Å². The summed E-state index contributed by atoms with van der Waals surface area (Å²) < 4.78 is 4.38. The van der Waals surface area contributed by atoms with Crippen molar-refractivity contribution in [1.29, 1.82) is 0 Å². The maximum Gasteiger partial charge on any atom is 0.320 e. The third-order valence-electron chi connectivity index (χ3n) is 1.54. The molecule has 76 valence electrons. The molecule has 1 atom stereocenters. The SMILES string of the molecule is CCSCCC(C(=O)O)C(=O)OC. The van der Waals surface area contributed by atoms with E-state index in [-0.39, 0.29) is 0 Å². The number of hydrogen-bond acceptors (Lipinski definition) is 4. The van der Waals surface area contributed by atoms with Gasteiger partial charge in [-0.1, -0.05) is 6.92 Å². The summed E-state index contributed by atoms with van der Waals surface area (Å²) in [6.45, 7) is 1.98. The Morgan fingerprint density at radius 1 is 1.54 bits per heavy atom.